The number of benzene rings is 2. The fourth-order valence-electron chi connectivity index (χ4n) is 2.52. The summed E-state index contributed by atoms with van der Waals surface area (Å²) in [5, 5.41) is 20.8. The molecule has 3 aromatic rings. The summed E-state index contributed by atoms with van der Waals surface area (Å²) in [6.07, 6.45) is -0.144. The van der Waals surface area contributed by atoms with Gasteiger partial charge in [-0.1, -0.05) is 42.5 Å². The van der Waals surface area contributed by atoms with Crippen LogP contribution in [0, 0.1) is 0 Å². The van der Waals surface area contributed by atoms with E-state index >= 15 is 0 Å². The van der Waals surface area contributed by atoms with Crippen LogP contribution in [0.4, 0.5) is 9.80 Å². The molecule has 1 aromatic heterocycles. The first-order valence-corrected chi connectivity index (χ1v) is 8.36. The average Bonchev–Trinajstić information content (AvgIpc) is 3.07. The summed E-state index contributed by atoms with van der Waals surface area (Å²) in [6.45, 7) is 0.404. The monoisotopic (exact) mass is 326 g/mol. The summed E-state index contributed by atoms with van der Waals surface area (Å²) in [7, 11) is 0. The molecule has 0 bridgehead atoms. The van der Waals surface area contributed by atoms with E-state index in [0.29, 0.717) is 13.0 Å². The van der Waals surface area contributed by atoms with Gasteiger partial charge in [0.2, 0.25) is 0 Å². The molecule has 118 valence electrons. The van der Waals surface area contributed by atoms with Gasteiger partial charge in [-0.2, -0.15) is 0 Å². The van der Waals surface area contributed by atoms with E-state index in [9.17, 15) is 9.90 Å². The molecular formula is C18H18N2O2S. The molecule has 2 amide bonds. The maximum atomic E-state index is 11.7. The van der Waals surface area contributed by atoms with E-state index in [1.165, 1.54) is 11.3 Å². The molecule has 1 atom stereocenters. The molecule has 1 heterocycles. The molecule has 4 nitrogen and oxygen atoms in total. The third-order valence-electron chi connectivity index (χ3n) is 3.64. The zero-order valence-electron chi connectivity index (χ0n) is 12.5. The van der Waals surface area contributed by atoms with Crippen LogP contribution >= 0.6 is 11.3 Å². The van der Waals surface area contributed by atoms with Crippen LogP contribution in [0.25, 0.3) is 10.8 Å². The highest BCUT2D eigenvalue weighted by Gasteiger charge is 2.11. The van der Waals surface area contributed by atoms with Gasteiger partial charge in [0.1, 0.15) is 0 Å². The number of carbonyl (C=O) groups is 1. The van der Waals surface area contributed by atoms with Crippen molar-refractivity contribution in [1.82, 2.24) is 5.32 Å². The first-order chi connectivity index (χ1) is 11.2. The van der Waals surface area contributed by atoms with E-state index in [1.54, 1.807) is 0 Å². The molecule has 23 heavy (non-hydrogen) atoms. The van der Waals surface area contributed by atoms with Crippen LogP contribution in [-0.4, -0.2) is 17.7 Å². The van der Waals surface area contributed by atoms with Crippen molar-refractivity contribution < 1.29 is 9.90 Å². The van der Waals surface area contributed by atoms with E-state index in [0.717, 1.165) is 21.3 Å². The minimum absolute atomic E-state index is 0.252. The Kier molecular flexibility index (Phi) is 4.90. The number of thiophene rings is 1. The third kappa shape index (κ3) is 3.88. The van der Waals surface area contributed by atoms with Crippen LogP contribution in [0.1, 0.15) is 18.1 Å². The summed E-state index contributed by atoms with van der Waals surface area (Å²) in [5.74, 6) is 0. The second-order valence-electron chi connectivity index (χ2n) is 5.23. The molecule has 0 saturated heterocycles. The van der Waals surface area contributed by atoms with Crippen molar-refractivity contribution in [3.8, 4) is 0 Å². The summed E-state index contributed by atoms with van der Waals surface area (Å²) in [5.41, 5.74) is 0.892. The fraction of sp³-hybridized carbons (Fsp3) is 0.167. The van der Waals surface area contributed by atoms with Crippen LogP contribution in [0.3, 0.4) is 0 Å². The maximum Gasteiger partial charge on any atom is 0.319 e. The Bertz CT molecular complexity index is 781. The number of fused-ring (bicyclic) bond motifs is 1. The van der Waals surface area contributed by atoms with Gasteiger partial charge in [0.15, 0.2) is 0 Å². The largest absolute Gasteiger partial charge is 0.388 e. The van der Waals surface area contributed by atoms with Crippen molar-refractivity contribution in [2.45, 2.75) is 12.5 Å². The van der Waals surface area contributed by atoms with E-state index in [1.807, 2.05) is 60.0 Å². The molecule has 1 unspecified atom stereocenters. The Morgan fingerprint density at radius 1 is 1.09 bits per heavy atom. The van der Waals surface area contributed by atoms with Crippen molar-refractivity contribution in [3.63, 3.8) is 0 Å². The topological polar surface area (TPSA) is 61.4 Å². The number of rotatable bonds is 5. The second kappa shape index (κ2) is 7.26. The van der Waals surface area contributed by atoms with Gasteiger partial charge in [-0.05, 0) is 40.3 Å². The zero-order chi connectivity index (χ0) is 16.1. The summed E-state index contributed by atoms with van der Waals surface area (Å²) in [4.78, 5) is 11.7. The summed E-state index contributed by atoms with van der Waals surface area (Å²) >= 11 is 1.47. The smallest absolute Gasteiger partial charge is 0.319 e. The number of aliphatic hydroxyl groups excluding tert-OH is 1. The molecule has 0 saturated carbocycles. The Morgan fingerprint density at radius 3 is 2.74 bits per heavy atom. The first kappa shape index (κ1) is 15.5. The van der Waals surface area contributed by atoms with Crippen LogP contribution in [0.15, 0.2) is 60.0 Å². The van der Waals surface area contributed by atoms with Crippen LogP contribution in [0.5, 0.6) is 0 Å². The van der Waals surface area contributed by atoms with Crippen molar-refractivity contribution in [2.75, 3.05) is 11.9 Å². The van der Waals surface area contributed by atoms with Gasteiger partial charge < -0.3 is 10.4 Å². The SMILES string of the molecule is O=C(NCCC(O)c1cccc2ccccc12)Nc1cccs1. The third-order valence-corrected chi connectivity index (χ3v) is 4.43. The van der Waals surface area contributed by atoms with Crippen LogP contribution in [0.2, 0.25) is 0 Å². The lowest BCUT2D eigenvalue weighted by Crippen LogP contribution is -2.30. The van der Waals surface area contributed by atoms with Gasteiger partial charge in [-0.3, -0.25) is 5.32 Å². The normalized spacial score (nSPS) is 12.0. The predicted octanol–water partition coefficient (Wildman–Crippen LogP) is 4.15. The molecule has 3 rings (SSSR count). The van der Waals surface area contributed by atoms with Gasteiger partial charge >= 0.3 is 6.03 Å². The number of urea groups is 1. The molecule has 5 heteroatoms. The Balaban J connectivity index is 1.56. The van der Waals surface area contributed by atoms with Crippen molar-refractivity contribution in [3.05, 3.63) is 65.5 Å². The number of amides is 2. The molecule has 2 aromatic carbocycles. The van der Waals surface area contributed by atoms with Crippen molar-refractivity contribution >= 4 is 33.1 Å². The standard InChI is InChI=1S/C18H18N2O2S/c21-16(10-11-19-18(22)20-17-9-4-12-23-17)15-8-3-6-13-5-1-2-7-14(13)15/h1-9,12,16,21H,10-11H2,(H2,19,20,22). The molecule has 3 N–H and O–H groups in total. The van der Waals surface area contributed by atoms with Gasteiger partial charge in [0.05, 0.1) is 11.1 Å². The lowest BCUT2D eigenvalue weighted by Gasteiger charge is -2.14. The predicted molar refractivity (Wildman–Crippen MR) is 94.9 cm³/mol. The van der Waals surface area contributed by atoms with E-state index in [-0.39, 0.29) is 6.03 Å². The molecule has 0 radical (unpaired) electrons. The highest BCUT2D eigenvalue weighted by Crippen LogP contribution is 2.25. The number of nitrogens with one attached hydrogen (secondary N) is 2. The number of aliphatic hydroxyl groups is 1. The highest BCUT2D eigenvalue weighted by molar-refractivity contribution is 7.14. The molecule has 0 aliphatic heterocycles. The minimum Gasteiger partial charge on any atom is -0.388 e. The van der Waals surface area contributed by atoms with Gasteiger partial charge in [0, 0.05) is 6.54 Å². The fourth-order valence-corrected chi connectivity index (χ4v) is 3.14. The number of hydrogen-bond acceptors (Lipinski definition) is 3. The van der Waals surface area contributed by atoms with Gasteiger partial charge in [-0.15, -0.1) is 11.3 Å². The lowest BCUT2D eigenvalue weighted by atomic mass is 9.99. The van der Waals surface area contributed by atoms with Crippen molar-refractivity contribution in [1.29, 1.82) is 0 Å². The number of anilines is 1. The average molecular weight is 326 g/mol. The Hall–Kier alpha value is -2.37. The zero-order valence-corrected chi connectivity index (χ0v) is 13.3. The highest BCUT2D eigenvalue weighted by atomic mass is 32.1. The number of carbonyl (C=O) groups excluding carboxylic acids is 1. The summed E-state index contributed by atoms with van der Waals surface area (Å²) < 4.78 is 0. The van der Waals surface area contributed by atoms with Gasteiger partial charge in [0.25, 0.3) is 0 Å². The second-order valence-corrected chi connectivity index (χ2v) is 6.18. The maximum absolute atomic E-state index is 11.7. The Labute approximate surface area is 138 Å². The van der Waals surface area contributed by atoms with E-state index in [2.05, 4.69) is 10.6 Å². The summed E-state index contributed by atoms with van der Waals surface area (Å²) in [6, 6.07) is 17.3. The molecular weight excluding hydrogens is 308 g/mol. The van der Waals surface area contributed by atoms with Crippen LogP contribution in [-0.2, 0) is 0 Å². The molecule has 0 spiro atoms. The van der Waals surface area contributed by atoms with E-state index < -0.39 is 6.10 Å². The van der Waals surface area contributed by atoms with Crippen molar-refractivity contribution in [2.24, 2.45) is 0 Å². The quantitative estimate of drug-likeness (QED) is 0.660. The molecule has 0 fully saturated rings. The molecule has 0 aliphatic rings. The molecule has 0 aliphatic carbocycles. The lowest BCUT2D eigenvalue weighted by molar-refractivity contribution is 0.169. The minimum atomic E-state index is -0.608. The van der Waals surface area contributed by atoms with Crippen LogP contribution < -0.4 is 10.6 Å². The first-order valence-electron chi connectivity index (χ1n) is 7.48. The Morgan fingerprint density at radius 2 is 1.91 bits per heavy atom. The van der Waals surface area contributed by atoms with E-state index in [4.69, 9.17) is 0 Å². The van der Waals surface area contributed by atoms with Gasteiger partial charge in [-0.25, -0.2) is 4.79 Å². The number of hydrogen-bond donors (Lipinski definition) is 3.